The van der Waals surface area contributed by atoms with E-state index in [1.807, 2.05) is 5.32 Å². The molecule has 2 N–H and O–H groups in total. The van der Waals surface area contributed by atoms with E-state index >= 15 is 0 Å². The molecule has 0 saturated carbocycles. The molecule has 0 unspecified atom stereocenters. The zero-order chi connectivity index (χ0) is 10.6. The van der Waals surface area contributed by atoms with Gasteiger partial charge in [0.25, 0.3) is 5.91 Å². The van der Waals surface area contributed by atoms with Gasteiger partial charge in [0.1, 0.15) is 0 Å². The number of thiol groups is 1. The number of halogens is 2. The van der Waals surface area contributed by atoms with Gasteiger partial charge in [-0.2, -0.15) is 21.4 Å². The predicted molar refractivity (Wildman–Crippen MR) is 49.3 cm³/mol. The highest BCUT2D eigenvalue weighted by atomic mass is 32.1. The summed E-state index contributed by atoms with van der Waals surface area (Å²) in [5.74, 6) is -5.34. The number of nitrogens with zero attached hydrogens (tertiary/aromatic N) is 1. The number of carbonyl (C=O) groups excluding carboxylic acids is 1. The third-order valence-electron chi connectivity index (χ3n) is 1.48. The highest BCUT2D eigenvalue weighted by Crippen LogP contribution is 2.24. The molecule has 0 saturated heterocycles. The van der Waals surface area contributed by atoms with E-state index in [-0.39, 0.29) is 6.54 Å². The summed E-state index contributed by atoms with van der Waals surface area (Å²) in [7, 11) is 0. The summed E-state index contributed by atoms with van der Waals surface area (Å²) in [6.07, 6.45) is 2.39. The third kappa shape index (κ3) is 2.22. The molecule has 0 aromatic carbocycles. The lowest BCUT2D eigenvalue weighted by atomic mass is 10.3. The van der Waals surface area contributed by atoms with Crippen molar-refractivity contribution in [3.05, 3.63) is 18.2 Å². The molecule has 0 fully saturated rings. The van der Waals surface area contributed by atoms with Crippen molar-refractivity contribution in [2.24, 2.45) is 0 Å². The van der Waals surface area contributed by atoms with E-state index in [1.165, 1.54) is 6.20 Å². The van der Waals surface area contributed by atoms with Gasteiger partial charge in [-0.25, -0.2) is 4.98 Å². The molecule has 0 aliphatic rings. The van der Waals surface area contributed by atoms with Crippen molar-refractivity contribution in [2.75, 3.05) is 12.3 Å². The Morgan fingerprint density at radius 2 is 2.43 bits per heavy atom. The SMILES string of the molecule is O=C(NCCS)C(F)(F)c1ncc[nH]1. The van der Waals surface area contributed by atoms with Crippen molar-refractivity contribution in [3.63, 3.8) is 0 Å². The van der Waals surface area contributed by atoms with Crippen LogP contribution in [0.1, 0.15) is 5.82 Å². The minimum absolute atomic E-state index is 0.0955. The number of carbonyl (C=O) groups is 1. The Labute approximate surface area is 84.5 Å². The third-order valence-corrected chi connectivity index (χ3v) is 1.70. The molecule has 14 heavy (non-hydrogen) atoms. The molecule has 0 atom stereocenters. The lowest BCUT2D eigenvalue weighted by Gasteiger charge is -2.12. The van der Waals surface area contributed by atoms with E-state index in [0.717, 1.165) is 6.20 Å². The van der Waals surface area contributed by atoms with Crippen molar-refractivity contribution in [1.82, 2.24) is 15.3 Å². The molecule has 0 aliphatic heterocycles. The van der Waals surface area contributed by atoms with Crippen molar-refractivity contribution >= 4 is 18.5 Å². The van der Waals surface area contributed by atoms with Gasteiger partial charge < -0.3 is 10.3 Å². The van der Waals surface area contributed by atoms with E-state index in [4.69, 9.17) is 0 Å². The largest absolute Gasteiger partial charge is 0.380 e. The molecule has 78 valence electrons. The highest BCUT2D eigenvalue weighted by molar-refractivity contribution is 7.80. The normalized spacial score (nSPS) is 11.4. The van der Waals surface area contributed by atoms with Gasteiger partial charge >= 0.3 is 5.92 Å². The number of amides is 1. The highest BCUT2D eigenvalue weighted by Gasteiger charge is 2.43. The first-order chi connectivity index (χ1) is 6.59. The summed E-state index contributed by atoms with van der Waals surface area (Å²) >= 11 is 3.78. The number of aromatic amines is 1. The van der Waals surface area contributed by atoms with Crippen molar-refractivity contribution in [2.45, 2.75) is 5.92 Å². The summed E-state index contributed by atoms with van der Waals surface area (Å²) in [6, 6.07) is 0. The van der Waals surface area contributed by atoms with Gasteiger partial charge in [0.05, 0.1) is 0 Å². The van der Waals surface area contributed by atoms with Gasteiger partial charge in [0.15, 0.2) is 5.82 Å². The van der Waals surface area contributed by atoms with Crippen molar-refractivity contribution < 1.29 is 13.6 Å². The fraction of sp³-hybridized carbons (Fsp3) is 0.429. The Balaban J connectivity index is 2.70. The first-order valence-corrected chi connectivity index (χ1v) is 4.49. The number of alkyl halides is 2. The van der Waals surface area contributed by atoms with Crippen LogP contribution in [0, 0.1) is 0 Å². The van der Waals surface area contributed by atoms with Crippen LogP contribution in [0.3, 0.4) is 0 Å². The van der Waals surface area contributed by atoms with Crippen molar-refractivity contribution in [3.8, 4) is 0 Å². The van der Waals surface area contributed by atoms with E-state index in [9.17, 15) is 13.6 Å². The molecular weight excluding hydrogens is 212 g/mol. The van der Waals surface area contributed by atoms with Gasteiger partial charge in [-0.1, -0.05) is 0 Å². The maximum atomic E-state index is 13.2. The van der Waals surface area contributed by atoms with E-state index < -0.39 is 17.7 Å². The smallest absolute Gasteiger partial charge is 0.350 e. The van der Waals surface area contributed by atoms with Gasteiger partial charge in [-0.15, -0.1) is 0 Å². The summed E-state index contributed by atoms with van der Waals surface area (Å²) in [5.41, 5.74) is 0. The Kier molecular flexibility index (Phi) is 3.45. The monoisotopic (exact) mass is 221 g/mol. The van der Waals surface area contributed by atoms with Crippen LogP contribution in [0.2, 0.25) is 0 Å². The van der Waals surface area contributed by atoms with Crippen LogP contribution in [0.15, 0.2) is 12.4 Å². The van der Waals surface area contributed by atoms with Gasteiger partial charge in [-0.3, -0.25) is 4.79 Å². The molecule has 0 radical (unpaired) electrons. The summed E-state index contributed by atoms with van der Waals surface area (Å²) in [4.78, 5) is 16.5. The molecule has 1 aromatic heterocycles. The van der Waals surface area contributed by atoms with Crippen LogP contribution in [0.5, 0.6) is 0 Å². The van der Waals surface area contributed by atoms with Gasteiger partial charge in [0, 0.05) is 24.7 Å². The van der Waals surface area contributed by atoms with E-state index in [2.05, 4.69) is 22.6 Å². The van der Waals surface area contributed by atoms with Crippen LogP contribution in [0.4, 0.5) is 8.78 Å². The molecule has 0 aliphatic carbocycles. The number of hydrogen-bond acceptors (Lipinski definition) is 3. The van der Waals surface area contributed by atoms with E-state index in [1.54, 1.807) is 0 Å². The van der Waals surface area contributed by atoms with Crippen LogP contribution in [-0.4, -0.2) is 28.2 Å². The second-order valence-electron chi connectivity index (χ2n) is 2.49. The fourth-order valence-corrected chi connectivity index (χ4v) is 0.937. The molecule has 4 nitrogen and oxygen atoms in total. The first kappa shape index (κ1) is 11.0. The molecule has 1 amide bonds. The summed E-state index contributed by atoms with van der Waals surface area (Å²) in [5, 5.41) is 2.04. The molecular formula is C7H9F2N3OS. The second-order valence-corrected chi connectivity index (χ2v) is 2.94. The van der Waals surface area contributed by atoms with Crippen molar-refractivity contribution in [1.29, 1.82) is 0 Å². The number of hydrogen-bond donors (Lipinski definition) is 3. The Bertz CT molecular complexity index is 302. The predicted octanol–water partition coefficient (Wildman–Crippen LogP) is 0.547. The molecule has 0 bridgehead atoms. The van der Waals surface area contributed by atoms with E-state index in [0.29, 0.717) is 5.75 Å². The fourth-order valence-electron chi connectivity index (χ4n) is 0.825. The Morgan fingerprint density at radius 3 is 2.93 bits per heavy atom. The molecule has 1 aromatic rings. The average Bonchev–Trinajstić information content (AvgIpc) is 2.67. The number of H-pyrrole nitrogens is 1. The lowest BCUT2D eigenvalue weighted by Crippen LogP contribution is -2.39. The quantitative estimate of drug-likeness (QED) is 0.650. The standard InChI is InChI=1S/C7H9F2N3OS/c8-7(9,5-10-1-2-11-5)6(13)12-3-4-14/h1-2,14H,3-4H2,(H,10,11)(H,12,13). The second kappa shape index (κ2) is 4.41. The Morgan fingerprint density at radius 1 is 1.71 bits per heavy atom. The maximum Gasteiger partial charge on any atom is 0.380 e. The number of rotatable bonds is 4. The summed E-state index contributed by atoms with van der Waals surface area (Å²) < 4.78 is 26.4. The van der Waals surface area contributed by atoms with Crippen LogP contribution < -0.4 is 5.32 Å². The maximum absolute atomic E-state index is 13.2. The molecule has 7 heteroatoms. The zero-order valence-electron chi connectivity index (χ0n) is 7.13. The summed E-state index contributed by atoms with van der Waals surface area (Å²) in [6.45, 7) is 0.0955. The Hall–Kier alpha value is -1.11. The lowest BCUT2D eigenvalue weighted by molar-refractivity contribution is -0.147. The van der Waals surface area contributed by atoms with Gasteiger partial charge in [-0.05, 0) is 0 Å². The number of aromatic nitrogens is 2. The van der Waals surface area contributed by atoms with Crippen LogP contribution in [-0.2, 0) is 10.7 Å². The first-order valence-electron chi connectivity index (χ1n) is 3.86. The molecule has 1 rings (SSSR count). The minimum Gasteiger partial charge on any atom is -0.350 e. The minimum atomic E-state index is -3.62. The average molecular weight is 221 g/mol. The molecule has 1 heterocycles. The zero-order valence-corrected chi connectivity index (χ0v) is 8.02. The molecule has 0 spiro atoms. The number of nitrogens with one attached hydrogen (secondary N) is 2. The number of imidazole rings is 1. The van der Waals surface area contributed by atoms with Crippen LogP contribution >= 0.6 is 12.6 Å². The topological polar surface area (TPSA) is 57.8 Å². The van der Waals surface area contributed by atoms with Gasteiger partial charge in [0.2, 0.25) is 0 Å². The van der Waals surface area contributed by atoms with Crippen LogP contribution in [0.25, 0.3) is 0 Å².